The van der Waals surface area contributed by atoms with E-state index in [-0.39, 0.29) is 36.0 Å². The standard InChI is InChI=1S/C21H23N3O4S2/c1-16-5-8-18(9-6-16)29(25,26)23-12-14-24(15-13-23)30(27,28)20-10-7-17(2)21-19(20)4-3-11-22-21/h3-11H,12-15H2,1-2H3. The first kappa shape index (κ1) is 20.9. The molecule has 4 rings (SSSR count). The highest BCUT2D eigenvalue weighted by atomic mass is 32.2. The molecule has 0 unspecified atom stereocenters. The molecule has 1 saturated heterocycles. The fourth-order valence-electron chi connectivity index (χ4n) is 3.66. The summed E-state index contributed by atoms with van der Waals surface area (Å²) in [7, 11) is -7.42. The van der Waals surface area contributed by atoms with E-state index in [1.807, 2.05) is 13.8 Å². The summed E-state index contributed by atoms with van der Waals surface area (Å²) in [5.41, 5.74) is 2.53. The number of hydrogen-bond acceptors (Lipinski definition) is 5. The molecule has 7 nitrogen and oxygen atoms in total. The third-order valence-corrected chi connectivity index (χ3v) is 9.28. The molecular formula is C21H23N3O4S2. The van der Waals surface area contributed by atoms with Crippen molar-refractivity contribution in [2.45, 2.75) is 23.6 Å². The predicted octanol–water partition coefficient (Wildman–Crippen LogP) is 2.55. The first-order chi connectivity index (χ1) is 14.2. The SMILES string of the molecule is Cc1ccc(S(=O)(=O)N2CCN(S(=O)(=O)c3ccc(C)c4ncccc34)CC2)cc1. The van der Waals surface area contributed by atoms with Crippen molar-refractivity contribution in [1.29, 1.82) is 0 Å². The Labute approximate surface area is 177 Å². The van der Waals surface area contributed by atoms with Gasteiger partial charge in [-0.15, -0.1) is 0 Å². The minimum atomic E-state index is -3.77. The lowest BCUT2D eigenvalue weighted by molar-refractivity contribution is 0.273. The number of aryl methyl sites for hydroxylation is 2. The van der Waals surface area contributed by atoms with Crippen LogP contribution in [0.25, 0.3) is 10.9 Å². The van der Waals surface area contributed by atoms with Crippen molar-refractivity contribution < 1.29 is 16.8 Å². The first-order valence-electron chi connectivity index (χ1n) is 9.62. The van der Waals surface area contributed by atoms with Crippen LogP contribution in [0.2, 0.25) is 0 Å². The molecule has 1 aromatic heterocycles. The van der Waals surface area contributed by atoms with Crippen LogP contribution in [0.5, 0.6) is 0 Å². The van der Waals surface area contributed by atoms with Crippen LogP contribution in [0.4, 0.5) is 0 Å². The van der Waals surface area contributed by atoms with Gasteiger partial charge in [-0.25, -0.2) is 16.8 Å². The summed E-state index contributed by atoms with van der Waals surface area (Å²) in [4.78, 5) is 4.74. The molecule has 1 aliphatic rings. The van der Waals surface area contributed by atoms with Gasteiger partial charge in [-0.3, -0.25) is 4.98 Å². The first-order valence-corrected chi connectivity index (χ1v) is 12.5. The van der Waals surface area contributed by atoms with Crippen LogP contribution in [-0.4, -0.2) is 56.6 Å². The number of pyridine rings is 1. The van der Waals surface area contributed by atoms with Crippen LogP contribution in [0.15, 0.2) is 64.5 Å². The van der Waals surface area contributed by atoms with Gasteiger partial charge < -0.3 is 0 Å². The van der Waals surface area contributed by atoms with Crippen LogP contribution >= 0.6 is 0 Å². The van der Waals surface area contributed by atoms with Gasteiger partial charge in [0.05, 0.1) is 15.3 Å². The number of piperazine rings is 1. The zero-order valence-electron chi connectivity index (χ0n) is 16.8. The van der Waals surface area contributed by atoms with Crippen molar-refractivity contribution in [3.63, 3.8) is 0 Å². The summed E-state index contributed by atoms with van der Waals surface area (Å²) in [6.07, 6.45) is 1.64. The van der Waals surface area contributed by atoms with E-state index in [1.54, 1.807) is 54.7 Å². The van der Waals surface area contributed by atoms with Crippen LogP contribution in [0, 0.1) is 13.8 Å². The van der Waals surface area contributed by atoms with Crippen molar-refractivity contribution in [2.75, 3.05) is 26.2 Å². The Morgan fingerprint density at radius 2 is 1.37 bits per heavy atom. The fraction of sp³-hybridized carbons (Fsp3) is 0.286. The zero-order valence-corrected chi connectivity index (χ0v) is 18.4. The summed E-state index contributed by atoms with van der Waals surface area (Å²) >= 11 is 0. The van der Waals surface area contributed by atoms with E-state index in [0.29, 0.717) is 10.9 Å². The Balaban J connectivity index is 1.58. The van der Waals surface area contributed by atoms with E-state index in [1.165, 1.54) is 8.61 Å². The summed E-state index contributed by atoms with van der Waals surface area (Å²) in [6, 6.07) is 13.5. The molecule has 0 aliphatic carbocycles. The number of fused-ring (bicyclic) bond motifs is 1. The van der Waals surface area contributed by atoms with Gasteiger partial charge in [-0.05, 0) is 49.7 Å². The van der Waals surface area contributed by atoms with Gasteiger partial charge in [-0.2, -0.15) is 8.61 Å². The predicted molar refractivity (Wildman–Crippen MR) is 115 cm³/mol. The topological polar surface area (TPSA) is 87.7 Å². The fourth-order valence-corrected chi connectivity index (χ4v) is 6.69. The van der Waals surface area contributed by atoms with Crippen LogP contribution in [0.1, 0.15) is 11.1 Å². The Morgan fingerprint density at radius 1 is 0.767 bits per heavy atom. The van der Waals surface area contributed by atoms with Crippen molar-refractivity contribution in [3.8, 4) is 0 Å². The largest absolute Gasteiger partial charge is 0.256 e. The van der Waals surface area contributed by atoms with Gasteiger partial charge in [0, 0.05) is 37.8 Å². The molecule has 9 heteroatoms. The van der Waals surface area contributed by atoms with Crippen molar-refractivity contribution >= 4 is 30.9 Å². The normalized spacial score (nSPS) is 16.7. The number of benzene rings is 2. The third-order valence-electron chi connectivity index (χ3n) is 5.41. The highest BCUT2D eigenvalue weighted by molar-refractivity contribution is 7.89. The Morgan fingerprint density at radius 3 is 2.00 bits per heavy atom. The maximum atomic E-state index is 13.3. The highest BCUT2D eigenvalue weighted by Crippen LogP contribution is 2.28. The minimum absolute atomic E-state index is 0.100. The van der Waals surface area contributed by atoms with E-state index in [4.69, 9.17) is 0 Å². The van der Waals surface area contributed by atoms with Crippen molar-refractivity contribution in [1.82, 2.24) is 13.6 Å². The maximum absolute atomic E-state index is 13.3. The monoisotopic (exact) mass is 445 g/mol. The van der Waals surface area contributed by atoms with E-state index >= 15 is 0 Å². The Bertz CT molecular complexity index is 1300. The highest BCUT2D eigenvalue weighted by Gasteiger charge is 2.34. The van der Waals surface area contributed by atoms with Gasteiger partial charge in [0.2, 0.25) is 20.0 Å². The molecule has 2 aromatic carbocycles. The third kappa shape index (κ3) is 3.62. The second kappa shape index (κ2) is 7.73. The molecule has 1 fully saturated rings. The minimum Gasteiger partial charge on any atom is -0.256 e. The quantitative estimate of drug-likeness (QED) is 0.616. The molecule has 0 saturated carbocycles. The number of hydrogen-bond donors (Lipinski definition) is 0. The summed E-state index contributed by atoms with van der Waals surface area (Å²) in [5, 5.41) is 0.576. The second-order valence-corrected chi connectivity index (χ2v) is 11.2. The molecule has 2 heterocycles. The van der Waals surface area contributed by atoms with E-state index in [9.17, 15) is 16.8 Å². The van der Waals surface area contributed by atoms with Crippen molar-refractivity contribution in [3.05, 3.63) is 65.9 Å². The van der Waals surface area contributed by atoms with E-state index < -0.39 is 20.0 Å². The second-order valence-electron chi connectivity index (χ2n) is 7.40. The number of sulfonamides is 2. The van der Waals surface area contributed by atoms with Crippen LogP contribution < -0.4 is 0 Å². The number of rotatable bonds is 4. The van der Waals surface area contributed by atoms with Gasteiger partial charge in [0.1, 0.15) is 0 Å². The average Bonchev–Trinajstić information content (AvgIpc) is 2.74. The van der Waals surface area contributed by atoms with Gasteiger partial charge in [0.15, 0.2) is 0 Å². The zero-order chi connectivity index (χ0) is 21.5. The summed E-state index contributed by atoms with van der Waals surface area (Å²) in [5.74, 6) is 0. The van der Waals surface area contributed by atoms with Gasteiger partial charge >= 0.3 is 0 Å². The van der Waals surface area contributed by atoms with Crippen LogP contribution in [0.3, 0.4) is 0 Å². The lowest BCUT2D eigenvalue weighted by atomic mass is 10.1. The molecular weight excluding hydrogens is 422 g/mol. The smallest absolute Gasteiger partial charge is 0.243 e. The Hall–Kier alpha value is -2.33. The summed E-state index contributed by atoms with van der Waals surface area (Å²) in [6.45, 7) is 4.20. The summed E-state index contributed by atoms with van der Waals surface area (Å²) < 4.78 is 55.1. The molecule has 1 aliphatic heterocycles. The molecule has 158 valence electrons. The Kier molecular flexibility index (Phi) is 5.39. The van der Waals surface area contributed by atoms with Crippen LogP contribution in [-0.2, 0) is 20.0 Å². The maximum Gasteiger partial charge on any atom is 0.243 e. The van der Waals surface area contributed by atoms with Crippen molar-refractivity contribution in [2.24, 2.45) is 0 Å². The molecule has 0 amide bonds. The average molecular weight is 446 g/mol. The molecule has 0 bridgehead atoms. The van der Waals surface area contributed by atoms with E-state index in [2.05, 4.69) is 4.98 Å². The molecule has 3 aromatic rings. The number of nitrogens with zero attached hydrogens (tertiary/aromatic N) is 3. The molecule has 0 atom stereocenters. The van der Waals surface area contributed by atoms with Gasteiger partial charge in [0.25, 0.3) is 0 Å². The molecule has 30 heavy (non-hydrogen) atoms. The number of aromatic nitrogens is 1. The van der Waals surface area contributed by atoms with E-state index in [0.717, 1.165) is 11.1 Å². The molecule has 0 spiro atoms. The molecule has 0 N–H and O–H groups in total. The van der Waals surface area contributed by atoms with Gasteiger partial charge in [-0.1, -0.05) is 23.8 Å². The molecule has 0 radical (unpaired) electrons. The lowest BCUT2D eigenvalue weighted by Gasteiger charge is -2.33. The lowest BCUT2D eigenvalue weighted by Crippen LogP contribution is -2.50.